The van der Waals surface area contributed by atoms with E-state index >= 15 is 0 Å². The molecule has 0 aromatic heterocycles. The zero-order valence-electron chi connectivity index (χ0n) is 13.0. The van der Waals surface area contributed by atoms with Crippen molar-refractivity contribution in [1.82, 2.24) is 0 Å². The minimum atomic E-state index is -0.417. The number of hydrogen-bond acceptors (Lipinski definition) is 4. The molecule has 0 aliphatic carbocycles. The highest BCUT2D eigenvalue weighted by Crippen LogP contribution is 2.27. The van der Waals surface area contributed by atoms with Crippen LogP contribution in [0.15, 0.2) is 48.5 Å². The van der Waals surface area contributed by atoms with Crippen molar-refractivity contribution in [2.24, 2.45) is 0 Å². The number of rotatable bonds is 3. The first-order valence-electron chi connectivity index (χ1n) is 7.03. The highest BCUT2D eigenvalue weighted by molar-refractivity contribution is 5.69. The molecule has 0 radical (unpaired) electrons. The van der Waals surface area contributed by atoms with Crippen LogP contribution in [0.5, 0.6) is 0 Å². The standard InChI is InChI=1S/C12H11N3O2.2C2H6/c13-9-5-7-10(8-6-9)14-11-3-1-2-4-12(11)15(16)17;2*1-2/h1-8,14H,13H2;2*1-2H3. The number of nitro groups is 1. The highest BCUT2D eigenvalue weighted by atomic mass is 16.6. The molecule has 21 heavy (non-hydrogen) atoms. The fourth-order valence-electron chi connectivity index (χ4n) is 1.46. The molecule has 0 amide bonds. The molecule has 0 aliphatic heterocycles. The van der Waals surface area contributed by atoms with Crippen molar-refractivity contribution in [1.29, 1.82) is 0 Å². The van der Waals surface area contributed by atoms with Gasteiger partial charge in [0.05, 0.1) is 4.92 Å². The number of nitrogens with two attached hydrogens (primary N) is 1. The number of para-hydroxylation sites is 2. The molecule has 5 nitrogen and oxygen atoms in total. The SMILES string of the molecule is CC.CC.Nc1ccc(Nc2ccccc2[N+](=O)[O-])cc1. The third-order valence-electron chi connectivity index (χ3n) is 2.29. The van der Waals surface area contributed by atoms with E-state index in [0.717, 1.165) is 5.69 Å². The molecule has 0 atom stereocenters. The lowest BCUT2D eigenvalue weighted by Gasteiger charge is -2.06. The lowest BCUT2D eigenvalue weighted by Crippen LogP contribution is -1.96. The Morgan fingerprint density at radius 1 is 0.952 bits per heavy atom. The van der Waals surface area contributed by atoms with Gasteiger partial charge in [0.1, 0.15) is 5.69 Å². The quantitative estimate of drug-likeness (QED) is 0.474. The van der Waals surface area contributed by atoms with Gasteiger partial charge in [-0.3, -0.25) is 10.1 Å². The molecule has 3 N–H and O–H groups in total. The molecular formula is C16H23N3O2. The minimum Gasteiger partial charge on any atom is -0.399 e. The van der Waals surface area contributed by atoms with Crippen molar-refractivity contribution in [2.45, 2.75) is 27.7 Å². The summed E-state index contributed by atoms with van der Waals surface area (Å²) in [6.07, 6.45) is 0. The van der Waals surface area contributed by atoms with Crippen molar-refractivity contribution in [3.8, 4) is 0 Å². The van der Waals surface area contributed by atoms with Crippen molar-refractivity contribution in [3.05, 3.63) is 58.6 Å². The third kappa shape index (κ3) is 5.95. The zero-order valence-corrected chi connectivity index (χ0v) is 13.0. The summed E-state index contributed by atoms with van der Waals surface area (Å²) in [6, 6.07) is 13.5. The van der Waals surface area contributed by atoms with Gasteiger partial charge in [-0.15, -0.1) is 0 Å². The molecule has 0 unspecified atom stereocenters. The lowest BCUT2D eigenvalue weighted by atomic mass is 10.2. The molecule has 5 heteroatoms. The van der Waals surface area contributed by atoms with Gasteiger partial charge < -0.3 is 11.1 Å². The first-order valence-corrected chi connectivity index (χ1v) is 7.03. The van der Waals surface area contributed by atoms with Crippen molar-refractivity contribution in [2.75, 3.05) is 11.1 Å². The Morgan fingerprint density at radius 3 is 2.00 bits per heavy atom. The molecule has 0 spiro atoms. The van der Waals surface area contributed by atoms with E-state index in [1.807, 2.05) is 27.7 Å². The fourth-order valence-corrected chi connectivity index (χ4v) is 1.46. The van der Waals surface area contributed by atoms with E-state index in [1.54, 1.807) is 42.5 Å². The maximum absolute atomic E-state index is 10.8. The van der Waals surface area contributed by atoms with Gasteiger partial charge in [0.2, 0.25) is 0 Å². The first kappa shape index (κ1) is 18.4. The summed E-state index contributed by atoms with van der Waals surface area (Å²) in [7, 11) is 0. The number of benzene rings is 2. The second kappa shape index (κ2) is 10.3. The topological polar surface area (TPSA) is 81.2 Å². The molecule has 0 fully saturated rings. The van der Waals surface area contributed by atoms with Gasteiger partial charge in [0, 0.05) is 17.4 Å². The van der Waals surface area contributed by atoms with Crippen molar-refractivity contribution < 1.29 is 4.92 Å². The van der Waals surface area contributed by atoms with E-state index < -0.39 is 4.92 Å². The van der Waals surface area contributed by atoms with Crippen LogP contribution in [-0.4, -0.2) is 4.92 Å². The first-order chi connectivity index (χ1) is 10.2. The molecule has 2 aromatic rings. The number of nitro benzene ring substituents is 1. The van der Waals surface area contributed by atoms with Crippen molar-refractivity contribution >= 4 is 22.7 Å². The summed E-state index contributed by atoms with van der Waals surface area (Å²) in [5.74, 6) is 0. The number of nitrogens with zero attached hydrogens (tertiary/aromatic N) is 1. The van der Waals surface area contributed by atoms with E-state index in [2.05, 4.69) is 5.32 Å². The zero-order chi connectivity index (χ0) is 16.3. The maximum Gasteiger partial charge on any atom is 0.292 e. The Balaban J connectivity index is 0.000000921. The van der Waals surface area contributed by atoms with Crippen LogP contribution < -0.4 is 11.1 Å². The largest absolute Gasteiger partial charge is 0.399 e. The Bertz CT molecular complexity index is 539. The van der Waals surface area contributed by atoms with E-state index in [9.17, 15) is 10.1 Å². The fraction of sp³-hybridized carbons (Fsp3) is 0.250. The Kier molecular flexibility index (Phi) is 9.00. The highest BCUT2D eigenvalue weighted by Gasteiger charge is 2.11. The smallest absolute Gasteiger partial charge is 0.292 e. The van der Waals surface area contributed by atoms with Crippen LogP contribution in [0.1, 0.15) is 27.7 Å². The van der Waals surface area contributed by atoms with Gasteiger partial charge in [-0.2, -0.15) is 0 Å². The van der Waals surface area contributed by atoms with Crippen LogP contribution in [0, 0.1) is 10.1 Å². The van der Waals surface area contributed by atoms with Crippen LogP contribution in [-0.2, 0) is 0 Å². The van der Waals surface area contributed by atoms with Gasteiger partial charge in [0.15, 0.2) is 0 Å². The van der Waals surface area contributed by atoms with Gasteiger partial charge >= 0.3 is 0 Å². The molecule has 0 saturated carbocycles. The average Bonchev–Trinajstić information content (AvgIpc) is 2.54. The molecule has 0 bridgehead atoms. The van der Waals surface area contributed by atoms with Gasteiger partial charge in [0.25, 0.3) is 5.69 Å². The molecule has 0 saturated heterocycles. The van der Waals surface area contributed by atoms with E-state index in [-0.39, 0.29) is 5.69 Å². The van der Waals surface area contributed by atoms with E-state index in [0.29, 0.717) is 11.4 Å². The van der Waals surface area contributed by atoms with Crippen LogP contribution >= 0.6 is 0 Å². The van der Waals surface area contributed by atoms with Crippen LogP contribution in [0.25, 0.3) is 0 Å². The predicted octanol–water partition coefficient (Wildman–Crippen LogP) is 4.97. The van der Waals surface area contributed by atoms with Crippen LogP contribution in [0.3, 0.4) is 0 Å². The van der Waals surface area contributed by atoms with Crippen LogP contribution in [0.2, 0.25) is 0 Å². The normalized spacial score (nSPS) is 8.57. The summed E-state index contributed by atoms with van der Waals surface area (Å²) >= 11 is 0. The molecule has 2 rings (SSSR count). The Morgan fingerprint density at radius 2 is 1.48 bits per heavy atom. The molecule has 0 heterocycles. The number of hydrogen-bond donors (Lipinski definition) is 2. The molecule has 114 valence electrons. The molecular weight excluding hydrogens is 266 g/mol. The van der Waals surface area contributed by atoms with Gasteiger partial charge in [-0.1, -0.05) is 39.8 Å². The van der Waals surface area contributed by atoms with Gasteiger partial charge in [-0.25, -0.2) is 0 Å². The average molecular weight is 289 g/mol. The minimum absolute atomic E-state index is 0.0457. The second-order valence-electron chi connectivity index (χ2n) is 3.52. The van der Waals surface area contributed by atoms with E-state index in [4.69, 9.17) is 5.73 Å². The summed E-state index contributed by atoms with van der Waals surface area (Å²) in [5.41, 5.74) is 7.48. The summed E-state index contributed by atoms with van der Waals surface area (Å²) < 4.78 is 0. The number of nitrogen functional groups attached to an aromatic ring is 1. The maximum atomic E-state index is 10.8. The Labute approximate surface area is 126 Å². The second-order valence-corrected chi connectivity index (χ2v) is 3.52. The molecule has 0 aliphatic rings. The Hall–Kier alpha value is -2.56. The summed E-state index contributed by atoms with van der Waals surface area (Å²) in [5, 5.41) is 13.8. The monoisotopic (exact) mass is 289 g/mol. The van der Waals surface area contributed by atoms with E-state index in [1.165, 1.54) is 6.07 Å². The third-order valence-corrected chi connectivity index (χ3v) is 2.29. The van der Waals surface area contributed by atoms with Crippen molar-refractivity contribution in [3.63, 3.8) is 0 Å². The lowest BCUT2D eigenvalue weighted by molar-refractivity contribution is -0.383. The molecule has 2 aromatic carbocycles. The number of anilines is 3. The number of nitrogens with one attached hydrogen (secondary N) is 1. The summed E-state index contributed by atoms with van der Waals surface area (Å²) in [6.45, 7) is 8.00. The van der Waals surface area contributed by atoms with Gasteiger partial charge in [-0.05, 0) is 30.3 Å². The summed E-state index contributed by atoms with van der Waals surface area (Å²) in [4.78, 5) is 10.4. The van der Waals surface area contributed by atoms with Crippen LogP contribution in [0.4, 0.5) is 22.7 Å². The predicted molar refractivity (Wildman–Crippen MR) is 89.9 cm³/mol.